The summed E-state index contributed by atoms with van der Waals surface area (Å²) in [6.45, 7) is 2.56. The van der Waals surface area contributed by atoms with Crippen molar-refractivity contribution in [1.82, 2.24) is 9.88 Å². The van der Waals surface area contributed by atoms with Gasteiger partial charge in [-0.05, 0) is 54.8 Å². The lowest BCUT2D eigenvalue weighted by molar-refractivity contribution is 0.223. The molecule has 110 valence electrons. The van der Waals surface area contributed by atoms with Gasteiger partial charge in [-0.15, -0.1) is 0 Å². The van der Waals surface area contributed by atoms with Gasteiger partial charge >= 0.3 is 6.03 Å². The van der Waals surface area contributed by atoms with Crippen molar-refractivity contribution in [3.05, 3.63) is 58.9 Å². The van der Waals surface area contributed by atoms with E-state index in [1.165, 1.54) is 0 Å². The monoisotopic (exact) mass is 303 g/mol. The molecule has 1 N–H and O–H groups in total. The number of nitrogens with one attached hydrogen (secondary N) is 1. The van der Waals surface area contributed by atoms with E-state index in [2.05, 4.69) is 10.3 Å². The van der Waals surface area contributed by atoms with Crippen LogP contribution in [0.3, 0.4) is 0 Å². The average Bonchev–Trinajstić information content (AvgIpc) is 2.48. The highest BCUT2D eigenvalue weighted by atomic mass is 35.5. The summed E-state index contributed by atoms with van der Waals surface area (Å²) >= 11 is 5.91. The van der Waals surface area contributed by atoms with Crippen LogP contribution in [-0.2, 0) is 6.42 Å². The molecule has 2 rings (SSSR count). The van der Waals surface area contributed by atoms with E-state index in [-0.39, 0.29) is 6.03 Å². The second-order valence-electron chi connectivity index (χ2n) is 4.92. The van der Waals surface area contributed by atoms with Gasteiger partial charge in [0, 0.05) is 36.7 Å². The Kier molecular flexibility index (Phi) is 5.17. The summed E-state index contributed by atoms with van der Waals surface area (Å²) in [5.74, 6) is 0. The van der Waals surface area contributed by atoms with Gasteiger partial charge in [0.05, 0.1) is 0 Å². The molecule has 21 heavy (non-hydrogen) atoms. The molecule has 4 nitrogen and oxygen atoms in total. The van der Waals surface area contributed by atoms with Crippen molar-refractivity contribution in [1.29, 1.82) is 0 Å². The Morgan fingerprint density at radius 3 is 2.67 bits per heavy atom. The SMILES string of the molecule is Cc1cc(Cl)ccc1NC(=O)N(C)CCc1ccncc1. The first-order valence-electron chi connectivity index (χ1n) is 6.73. The van der Waals surface area contributed by atoms with E-state index in [1.54, 1.807) is 30.4 Å². The molecule has 0 aliphatic heterocycles. The number of rotatable bonds is 4. The highest BCUT2D eigenvalue weighted by molar-refractivity contribution is 6.30. The number of nitrogens with zero attached hydrogens (tertiary/aromatic N) is 2. The summed E-state index contributed by atoms with van der Waals surface area (Å²) < 4.78 is 0. The molecule has 0 radical (unpaired) electrons. The average molecular weight is 304 g/mol. The van der Waals surface area contributed by atoms with E-state index in [9.17, 15) is 4.79 Å². The van der Waals surface area contributed by atoms with Crippen LogP contribution >= 0.6 is 11.6 Å². The first-order valence-corrected chi connectivity index (χ1v) is 7.11. The molecular weight excluding hydrogens is 286 g/mol. The largest absolute Gasteiger partial charge is 0.327 e. The number of amides is 2. The Morgan fingerprint density at radius 2 is 2.00 bits per heavy atom. The Balaban J connectivity index is 1.90. The summed E-state index contributed by atoms with van der Waals surface area (Å²) in [6, 6.07) is 9.18. The smallest absolute Gasteiger partial charge is 0.321 e. The van der Waals surface area contributed by atoms with E-state index < -0.39 is 0 Å². The number of urea groups is 1. The number of aryl methyl sites for hydroxylation is 1. The molecule has 2 amide bonds. The minimum Gasteiger partial charge on any atom is -0.327 e. The zero-order chi connectivity index (χ0) is 15.2. The molecule has 2 aromatic rings. The standard InChI is InChI=1S/C16H18ClN3O/c1-12-11-14(17)3-4-15(12)19-16(21)20(2)10-7-13-5-8-18-9-6-13/h3-6,8-9,11H,7,10H2,1-2H3,(H,19,21). The van der Waals surface area contributed by atoms with Crippen molar-refractivity contribution in [2.24, 2.45) is 0 Å². The van der Waals surface area contributed by atoms with Crippen molar-refractivity contribution in [2.45, 2.75) is 13.3 Å². The summed E-state index contributed by atoms with van der Waals surface area (Å²) in [5, 5.41) is 3.55. The maximum absolute atomic E-state index is 12.1. The third-order valence-electron chi connectivity index (χ3n) is 3.26. The van der Waals surface area contributed by atoms with Gasteiger partial charge in [0.2, 0.25) is 0 Å². The van der Waals surface area contributed by atoms with Crippen LogP contribution < -0.4 is 5.32 Å². The first kappa shape index (κ1) is 15.3. The Labute approximate surface area is 129 Å². The maximum atomic E-state index is 12.1. The number of anilines is 1. The summed E-state index contributed by atoms with van der Waals surface area (Å²) in [5.41, 5.74) is 2.88. The fourth-order valence-corrected chi connectivity index (χ4v) is 2.15. The van der Waals surface area contributed by atoms with Crippen LogP contribution in [0, 0.1) is 6.92 Å². The first-order chi connectivity index (χ1) is 10.1. The lowest BCUT2D eigenvalue weighted by Gasteiger charge is -2.19. The zero-order valence-electron chi connectivity index (χ0n) is 12.1. The molecule has 0 fully saturated rings. The van der Waals surface area contributed by atoms with Gasteiger partial charge in [-0.25, -0.2) is 4.79 Å². The van der Waals surface area contributed by atoms with Crippen molar-refractivity contribution in [2.75, 3.05) is 18.9 Å². The molecule has 0 spiro atoms. The predicted molar refractivity (Wildman–Crippen MR) is 85.8 cm³/mol. The lowest BCUT2D eigenvalue weighted by Crippen LogP contribution is -2.33. The van der Waals surface area contributed by atoms with Gasteiger partial charge in [0.15, 0.2) is 0 Å². The third-order valence-corrected chi connectivity index (χ3v) is 3.50. The van der Waals surface area contributed by atoms with E-state index in [0.29, 0.717) is 11.6 Å². The minimum absolute atomic E-state index is 0.130. The minimum atomic E-state index is -0.130. The fraction of sp³-hybridized carbons (Fsp3) is 0.250. The second kappa shape index (κ2) is 7.09. The summed E-state index contributed by atoms with van der Waals surface area (Å²) in [4.78, 5) is 17.8. The molecule has 0 saturated heterocycles. The van der Waals surface area contributed by atoms with Gasteiger partial charge in [0.1, 0.15) is 0 Å². The normalized spacial score (nSPS) is 10.2. The number of benzene rings is 1. The lowest BCUT2D eigenvalue weighted by atomic mass is 10.2. The molecule has 0 aliphatic rings. The van der Waals surface area contributed by atoms with Crippen molar-refractivity contribution in [3.8, 4) is 0 Å². The number of carbonyl (C=O) groups excluding carboxylic acids is 1. The van der Waals surface area contributed by atoms with Crippen molar-refractivity contribution in [3.63, 3.8) is 0 Å². The fourth-order valence-electron chi connectivity index (χ4n) is 1.93. The number of aromatic nitrogens is 1. The highest BCUT2D eigenvalue weighted by Gasteiger charge is 2.10. The van der Waals surface area contributed by atoms with Gasteiger partial charge in [-0.2, -0.15) is 0 Å². The number of carbonyl (C=O) groups is 1. The number of likely N-dealkylation sites (N-methyl/N-ethyl adjacent to an activating group) is 1. The van der Waals surface area contributed by atoms with Crippen LogP contribution in [0.5, 0.6) is 0 Å². The molecule has 0 unspecified atom stereocenters. The van der Waals surface area contributed by atoms with Gasteiger partial charge < -0.3 is 10.2 Å². The van der Waals surface area contributed by atoms with Crippen LogP contribution in [0.1, 0.15) is 11.1 Å². The van der Waals surface area contributed by atoms with E-state index in [0.717, 1.165) is 23.2 Å². The molecule has 1 aromatic carbocycles. The van der Waals surface area contributed by atoms with Crippen LogP contribution in [0.15, 0.2) is 42.7 Å². The second-order valence-corrected chi connectivity index (χ2v) is 5.35. The quantitative estimate of drug-likeness (QED) is 0.935. The van der Waals surface area contributed by atoms with Gasteiger partial charge in [0.25, 0.3) is 0 Å². The van der Waals surface area contributed by atoms with Crippen molar-refractivity contribution < 1.29 is 4.79 Å². The predicted octanol–water partition coefficient (Wildman–Crippen LogP) is 3.75. The Hall–Kier alpha value is -2.07. The summed E-state index contributed by atoms with van der Waals surface area (Å²) in [6.07, 6.45) is 4.31. The molecule has 1 heterocycles. The number of hydrogen-bond acceptors (Lipinski definition) is 2. The third kappa shape index (κ3) is 4.46. The van der Waals surface area contributed by atoms with Gasteiger partial charge in [-0.3, -0.25) is 4.98 Å². The number of halogens is 1. The molecule has 0 atom stereocenters. The number of hydrogen-bond donors (Lipinski definition) is 1. The molecule has 1 aromatic heterocycles. The number of pyridine rings is 1. The van der Waals surface area contributed by atoms with E-state index in [4.69, 9.17) is 11.6 Å². The zero-order valence-corrected chi connectivity index (χ0v) is 12.9. The van der Waals surface area contributed by atoms with Crippen LogP contribution in [-0.4, -0.2) is 29.5 Å². The summed E-state index contributed by atoms with van der Waals surface area (Å²) in [7, 11) is 1.78. The topological polar surface area (TPSA) is 45.2 Å². The highest BCUT2D eigenvalue weighted by Crippen LogP contribution is 2.19. The Morgan fingerprint density at radius 1 is 1.29 bits per heavy atom. The van der Waals surface area contributed by atoms with E-state index in [1.807, 2.05) is 31.2 Å². The van der Waals surface area contributed by atoms with Crippen molar-refractivity contribution >= 4 is 23.3 Å². The maximum Gasteiger partial charge on any atom is 0.321 e. The van der Waals surface area contributed by atoms with E-state index >= 15 is 0 Å². The Bertz CT molecular complexity index is 616. The molecule has 5 heteroatoms. The van der Waals surface area contributed by atoms with Crippen LogP contribution in [0.2, 0.25) is 5.02 Å². The molecule has 0 bridgehead atoms. The molecular formula is C16H18ClN3O. The van der Waals surface area contributed by atoms with Crippen LogP contribution in [0.25, 0.3) is 0 Å². The van der Waals surface area contributed by atoms with Crippen LogP contribution in [0.4, 0.5) is 10.5 Å². The van der Waals surface area contributed by atoms with Gasteiger partial charge in [-0.1, -0.05) is 11.6 Å². The molecule has 0 saturated carbocycles. The molecule has 0 aliphatic carbocycles.